The van der Waals surface area contributed by atoms with E-state index >= 15 is 0 Å². The third-order valence-electron chi connectivity index (χ3n) is 1.55. The van der Waals surface area contributed by atoms with Crippen LogP contribution in [0.25, 0.3) is 6.08 Å². The molecule has 0 saturated carbocycles. The SMILES string of the molecule is C1=Cc2ccccc2OC1.[C].[Mo].[V]. The van der Waals surface area contributed by atoms with Gasteiger partial charge in [-0.15, -0.1) is 0 Å². The number of ether oxygens (including phenoxy) is 1. The van der Waals surface area contributed by atoms with Gasteiger partial charge in [-0.25, -0.2) is 0 Å². The molecular formula is C10H8MoOV. The molecule has 0 spiro atoms. The molecule has 0 aliphatic carbocycles. The summed E-state index contributed by atoms with van der Waals surface area (Å²) in [5, 5.41) is 0. The molecule has 1 aliphatic heterocycles. The number of hydrogen-bond donors (Lipinski definition) is 0. The molecule has 5 radical (unpaired) electrons. The van der Waals surface area contributed by atoms with Crippen LogP contribution in [0, 0.1) is 7.43 Å². The zero-order valence-corrected chi connectivity index (χ0v) is 10.3. The fourth-order valence-corrected chi connectivity index (χ4v) is 1.06. The molecule has 13 heavy (non-hydrogen) atoms. The summed E-state index contributed by atoms with van der Waals surface area (Å²) in [6.45, 7) is 0.705. The second kappa shape index (κ2) is 7.44. The average molecular weight is 291 g/mol. The average Bonchev–Trinajstić information content (AvgIpc) is 2.05. The summed E-state index contributed by atoms with van der Waals surface area (Å²) in [6.07, 6.45) is 4.10. The normalized spacial score (nSPS) is 10.8. The van der Waals surface area contributed by atoms with Crippen LogP contribution in [0.2, 0.25) is 0 Å². The van der Waals surface area contributed by atoms with E-state index in [4.69, 9.17) is 4.74 Å². The summed E-state index contributed by atoms with van der Waals surface area (Å²) < 4.78 is 5.34. The Labute approximate surface area is 106 Å². The van der Waals surface area contributed by atoms with Crippen LogP contribution in [-0.2, 0) is 39.6 Å². The molecule has 0 amide bonds. The summed E-state index contributed by atoms with van der Waals surface area (Å²) in [7, 11) is 0. The number of para-hydroxylation sites is 1. The topological polar surface area (TPSA) is 9.23 Å². The summed E-state index contributed by atoms with van der Waals surface area (Å²) >= 11 is 0. The molecule has 0 saturated heterocycles. The van der Waals surface area contributed by atoms with Crippen LogP contribution in [-0.4, -0.2) is 6.61 Å². The van der Waals surface area contributed by atoms with Gasteiger partial charge in [-0.05, 0) is 12.1 Å². The van der Waals surface area contributed by atoms with Crippen molar-refractivity contribution in [3.63, 3.8) is 0 Å². The van der Waals surface area contributed by atoms with Gasteiger partial charge in [0.15, 0.2) is 0 Å². The van der Waals surface area contributed by atoms with Crippen LogP contribution in [0.15, 0.2) is 30.3 Å². The van der Waals surface area contributed by atoms with E-state index in [1.165, 1.54) is 5.56 Å². The molecular weight excluding hydrogens is 283 g/mol. The van der Waals surface area contributed by atoms with E-state index < -0.39 is 0 Å². The Morgan fingerprint density at radius 2 is 1.85 bits per heavy atom. The fraction of sp³-hybridized carbons (Fsp3) is 0.100. The van der Waals surface area contributed by atoms with Gasteiger partial charge in [0.2, 0.25) is 0 Å². The molecule has 0 bridgehead atoms. The third-order valence-corrected chi connectivity index (χ3v) is 1.55. The molecule has 1 aromatic rings. The van der Waals surface area contributed by atoms with Crippen LogP contribution < -0.4 is 4.74 Å². The zero-order valence-electron chi connectivity index (χ0n) is 6.93. The first-order valence-corrected chi connectivity index (χ1v) is 3.35. The van der Waals surface area contributed by atoms with Gasteiger partial charge in [-0.2, -0.15) is 0 Å². The number of hydrogen-bond acceptors (Lipinski definition) is 1. The van der Waals surface area contributed by atoms with E-state index in [2.05, 4.69) is 6.08 Å². The van der Waals surface area contributed by atoms with Gasteiger partial charge in [0.1, 0.15) is 12.4 Å². The Hall–Kier alpha value is 0.0327. The van der Waals surface area contributed by atoms with Crippen molar-refractivity contribution in [3.8, 4) is 5.75 Å². The van der Waals surface area contributed by atoms with E-state index in [0.29, 0.717) is 6.61 Å². The molecule has 3 heteroatoms. The summed E-state index contributed by atoms with van der Waals surface area (Å²) in [5.41, 5.74) is 1.17. The van der Waals surface area contributed by atoms with Gasteiger partial charge in [0.05, 0.1) is 0 Å². The monoisotopic (exact) mass is 293 g/mol. The molecule has 1 nitrogen and oxygen atoms in total. The largest absolute Gasteiger partial charge is 0.489 e. The smallest absolute Gasteiger partial charge is 0.126 e. The number of fused-ring (bicyclic) bond motifs is 1. The molecule has 0 unspecified atom stereocenters. The van der Waals surface area contributed by atoms with Crippen LogP contribution >= 0.6 is 0 Å². The molecule has 0 aromatic heterocycles. The van der Waals surface area contributed by atoms with Crippen molar-refractivity contribution in [1.82, 2.24) is 0 Å². The van der Waals surface area contributed by atoms with Gasteiger partial charge >= 0.3 is 0 Å². The molecule has 2 rings (SSSR count). The molecule has 1 aromatic carbocycles. The second-order valence-corrected chi connectivity index (χ2v) is 2.25. The van der Waals surface area contributed by atoms with Crippen LogP contribution in [0.4, 0.5) is 0 Å². The number of benzene rings is 1. The van der Waals surface area contributed by atoms with Crippen molar-refractivity contribution in [1.29, 1.82) is 0 Å². The van der Waals surface area contributed by atoms with E-state index in [1.807, 2.05) is 30.3 Å². The van der Waals surface area contributed by atoms with Gasteiger partial charge in [-0.1, -0.05) is 24.3 Å². The maximum Gasteiger partial charge on any atom is 0.126 e. The van der Waals surface area contributed by atoms with Crippen LogP contribution in [0.3, 0.4) is 0 Å². The Morgan fingerprint density at radius 3 is 2.54 bits per heavy atom. The van der Waals surface area contributed by atoms with Crippen molar-refractivity contribution in [2.24, 2.45) is 0 Å². The Kier molecular flexibility index (Phi) is 8.87. The Balaban J connectivity index is 0. The minimum Gasteiger partial charge on any atom is -0.489 e. The first-order valence-electron chi connectivity index (χ1n) is 3.35. The minimum absolute atomic E-state index is 0. The summed E-state index contributed by atoms with van der Waals surface area (Å²) in [6, 6.07) is 8.03. The molecule has 1 aliphatic rings. The number of rotatable bonds is 0. The van der Waals surface area contributed by atoms with Crippen molar-refractivity contribution in [3.05, 3.63) is 43.3 Å². The quantitative estimate of drug-likeness (QED) is 0.666. The van der Waals surface area contributed by atoms with Crippen molar-refractivity contribution in [2.45, 2.75) is 0 Å². The molecule has 0 atom stereocenters. The van der Waals surface area contributed by atoms with E-state index in [1.54, 1.807) is 0 Å². The molecule has 0 N–H and O–H groups in total. The Bertz CT molecular complexity index is 273. The standard InChI is InChI=1S/C9H8O.C.Mo.V/c1-2-6-9-8(4-1)5-3-7-10-9;;;/h1-6H,7H2;;;. The predicted molar refractivity (Wildman–Crippen MR) is 44.2 cm³/mol. The van der Waals surface area contributed by atoms with Crippen molar-refractivity contribution < 1.29 is 44.4 Å². The summed E-state index contributed by atoms with van der Waals surface area (Å²) in [5.74, 6) is 0.991. The van der Waals surface area contributed by atoms with Crippen molar-refractivity contribution >= 4 is 6.08 Å². The summed E-state index contributed by atoms with van der Waals surface area (Å²) in [4.78, 5) is 0. The molecule has 1 heterocycles. The van der Waals surface area contributed by atoms with E-state index in [-0.39, 0.29) is 47.0 Å². The minimum atomic E-state index is 0. The van der Waals surface area contributed by atoms with Crippen molar-refractivity contribution in [2.75, 3.05) is 6.61 Å². The van der Waals surface area contributed by atoms with E-state index in [9.17, 15) is 0 Å². The third kappa shape index (κ3) is 3.72. The maximum atomic E-state index is 5.34. The zero-order chi connectivity index (χ0) is 6.81. The predicted octanol–water partition coefficient (Wildman–Crippen LogP) is 2.17. The van der Waals surface area contributed by atoms with Gasteiger partial charge < -0.3 is 4.74 Å². The first-order chi connectivity index (χ1) is 4.97. The maximum absolute atomic E-state index is 5.34. The molecule has 0 fully saturated rings. The van der Waals surface area contributed by atoms with Gasteiger partial charge in [-0.3, -0.25) is 0 Å². The van der Waals surface area contributed by atoms with Crippen LogP contribution in [0.5, 0.6) is 5.75 Å². The molecule has 65 valence electrons. The van der Waals surface area contributed by atoms with Crippen LogP contribution in [0.1, 0.15) is 5.56 Å². The van der Waals surface area contributed by atoms with E-state index in [0.717, 1.165) is 5.75 Å². The van der Waals surface area contributed by atoms with Gasteiger partial charge in [0, 0.05) is 52.6 Å². The van der Waals surface area contributed by atoms with Gasteiger partial charge in [0.25, 0.3) is 0 Å². The second-order valence-electron chi connectivity index (χ2n) is 2.25. The first kappa shape index (κ1) is 15.5. The fourth-order valence-electron chi connectivity index (χ4n) is 1.06. The Morgan fingerprint density at radius 1 is 1.15 bits per heavy atom.